The Labute approximate surface area is 142 Å². The van der Waals surface area contributed by atoms with Crippen molar-refractivity contribution >= 4 is 34.8 Å². The highest BCUT2D eigenvalue weighted by Gasteiger charge is 2.18. The summed E-state index contributed by atoms with van der Waals surface area (Å²) in [5.41, 5.74) is 2.99. The molecule has 1 amide bonds. The fraction of sp³-hybridized carbons (Fsp3) is 0.118. The molecule has 3 rings (SSSR count). The predicted octanol–water partition coefficient (Wildman–Crippen LogP) is 3.56. The zero-order chi connectivity index (χ0) is 17.4. The highest BCUT2D eigenvalue weighted by Crippen LogP contribution is 2.22. The molecule has 1 aromatic carbocycles. The molecule has 0 aliphatic carbocycles. The summed E-state index contributed by atoms with van der Waals surface area (Å²) in [5.74, 6) is -1.53. The van der Waals surface area contributed by atoms with Crippen molar-refractivity contribution in [2.75, 3.05) is 5.32 Å². The standard InChI is InChI=1S/C17H14ClN3O3/c1-9-5-6-21-14(7-9)19-10(2)15(21)16(22)20-11-3-4-13(18)12(8-11)17(23)24/h3-8H,1-2H3,(H,20,22)(H,23,24). The quantitative estimate of drug-likeness (QED) is 0.761. The Balaban J connectivity index is 1.98. The number of halogens is 1. The number of hydrogen-bond acceptors (Lipinski definition) is 3. The Kier molecular flexibility index (Phi) is 3.99. The second kappa shape index (κ2) is 5.98. The summed E-state index contributed by atoms with van der Waals surface area (Å²) < 4.78 is 1.70. The summed E-state index contributed by atoms with van der Waals surface area (Å²) in [7, 11) is 0. The number of nitrogens with one attached hydrogen (secondary N) is 1. The van der Waals surface area contributed by atoms with Crippen molar-refractivity contribution in [2.24, 2.45) is 0 Å². The zero-order valence-corrected chi connectivity index (χ0v) is 13.8. The Bertz CT molecular complexity index is 979. The normalized spacial score (nSPS) is 10.8. The minimum atomic E-state index is -1.16. The number of rotatable bonds is 3. The number of imidazole rings is 1. The van der Waals surface area contributed by atoms with E-state index < -0.39 is 5.97 Å². The molecule has 0 unspecified atom stereocenters. The van der Waals surface area contributed by atoms with Gasteiger partial charge in [0, 0.05) is 11.9 Å². The lowest BCUT2D eigenvalue weighted by Crippen LogP contribution is -2.16. The van der Waals surface area contributed by atoms with E-state index in [-0.39, 0.29) is 16.5 Å². The van der Waals surface area contributed by atoms with Crippen LogP contribution in [0.25, 0.3) is 5.65 Å². The van der Waals surface area contributed by atoms with Crippen LogP contribution in [0.4, 0.5) is 5.69 Å². The first-order valence-corrected chi connectivity index (χ1v) is 7.54. The molecule has 0 bridgehead atoms. The van der Waals surface area contributed by atoms with Gasteiger partial charge in [-0.15, -0.1) is 0 Å². The number of anilines is 1. The van der Waals surface area contributed by atoms with Crippen LogP contribution >= 0.6 is 11.6 Å². The topological polar surface area (TPSA) is 83.7 Å². The van der Waals surface area contributed by atoms with Gasteiger partial charge in [-0.3, -0.25) is 9.20 Å². The lowest BCUT2D eigenvalue weighted by Gasteiger charge is -2.08. The molecule has 24 heavy (non-hydrogen) atoms. The number of carboxylic acid groups (broad SMARTS) is 1. The van der Waals surface area contributed by atoms with Crippen LogP contribution in [0.1, 0.15) is 32.1 Å². The van der Waals surface area contributed by atoms with Crippen LogP contribution in [0.2, 0.25) is 5.02 Å². The molecule has 0 radical (unpaired) electrons. The van der Waals surface area contributed by atoms with E-state index >= 15 is 0 Å². The fourth-order valence-electron chi connectivity index (χ4n) is 2.50. The molecule has 0 saturated carbocycles. The number of pyridine rings is 1. The summed E-state index contributed by atoms with van der Waals surface area (Å²) in [5, 5.41) is 11.9. The van der Waals surface area contributed by atoms with E-state index in [2.05, 4.69) is 10.3 Å². The molecule has 0 spiro atoms. The lowest BCUT2D eigenvalue weighted by atomic mass is 10.2. The highest BCUT2D eigenvalue weighted by molar-refractivity contribution is 6.33. The average molecular weight is 344 g/mol. The maximum absolute atomic E-state index is 12.6. The Morgan fingerprint density at radius 3 is 2.67 bits per heavy atom. The summed E-state index contributed by atoms with van der Waals surface area (Å²) in [4.78, 5) is 28.1. The molecule has 0 aliphatic heterocycles. The summed E-state index contributed by atoms with van der Waals surface area (Å²) in [6, 6.07) is 8.08. The Morgan fingerprint density at radius 2 is 1.96 bits per heavy atom. The van der Waals surface area contributed by atoms with Crippen molar-refractivity contribution in [3.8, 4) is 0 Å². The number of aryl methyl sites for hydroxylation is 2. The van der Waals surface area contributed by atoms with Crippen molar-refractivity contribution < 1.29 is 14.7 Å². The fourth-order valence-corrected chi connectivity index (χ4v) is 2.69. The largest absolute Gasteiger partial charge is 0.478 e. The van der Waals surface area contributed by atoms with Crippen LogP contribution in [0.5, 0.6) is 0 Å². The third-order valence-electron chi connectivity index (χ3n) is 3.63. The zero-order valence-electron chi connectivity index (χ0n) is 13.0. The number of benzene rings is 1. The molecule has 0 atom stereocenters. The second-order valence-electron chi connectivity index (χ2n) is 5.43. The number of carbonyl (C=O) groups excluding carboxylic acids is 1. The van der Waals surface area contributed by atoms with E-state index in [4.69, 9.17) is 16.7 Å². The van der Waals surface area contributed by atoms with Crippen LogP contribution in [-0.4, -0.2) is 26.4 Å². The van der Waals surface area contributed by atoms with Crippen molar-refractivity contribution in [3.05, 3.63) is 64.1 Å². The van der Waals surface area contributed by atoms with Crippen LogP contribution in [0.15, 0.2) is 36.5 Å². The first-order chi connectivity index (χ1) is 11.4. The molecular formula is C17H14ClN3O3. The van der Waals surface area contributed by atoms with Gasteiger partial charge in [-0.1, -0.05) is 11.6 Å². The third-order valence-corrected chi connectivity index (χ3v) is 3.96. The third kappa shape index (κ3) is 2.83. The van der Waals surface area contributed by atoms with Crippen LogP contribution < -0.4 is 5.32 Å². The summed E-state index contributed by atoms with van der Waals surface area (Å²) in [6.07, 6.45) is 1.78. The van der Waals surface area contributed by atoms with Gasteiger partial charge in [-0.2, -0.15) is 0 Å². The molecule has 2 heterocycles. The number of carbonyl (C=O) groups is 2. The number of hydrogen-bond donors (Lipinski definition) is 2. The van der Waals surface area contributed by atoms with Gasteiger partial charge in [0.15, 0.2) is 0 Å². The number of amides is 1. The summed E-state index contributed by atoms with van der Waals surface area (Å²) in [6.45, 7) is 3.70. The smallest absolute Gasteiger partial charge is 0.337 e. The average Bonchev–Trinajstić information content (AvgIpc) is 2.83. The summed E-state index contributed by atoms with van der Waals surface area (Å²) >= 11 is 5.84. The van der Waals surface area contributed by atoms with E-state index in [0.717, 1.165) is 5.56 Å². The van der Waals surface area contributed by atoms with Gasteiger partial charge in [-0.05, 0) is 49.7 Å². The molecule has 0 fully saturated rings. The van der Waals surface area contributed by atoms with Crippen molar-refractivity contribution in [1.29, 1.82) is 0 Å². The van der Waals surface area contributed by atoms with Gasteiger partial charge in [0.1, 0.15) is 11.3 Å². The number of aromatic carboxylic acids is 1. The molecule has 7 heteroatoms. The predicted molar refractivity (Wildman–Crippen MR) is 91.0 cm³/mol. The first-order valence-electron chi connectivity index (χ1n) is 7.16. The molecule has 0 saturated heterocycles. The molecule has 6 nitrogen and oxygen atoms in total. The van der Waals surface area contributed by atoms with E-state index in [1.54, 1.807) is 23.6 Å². The molecule has 2 aromatic heterocycles. The molecule has 0 aliphatic rings. The molecule has 3 aromatic rings. The van der Waals surface area contributed by atoms with E-state index in [1.165, 1.54) is 12.1 Å². The highest BCUT2D eigenvalue weighted by atomic mass is 35.5. The van der Waals surface area contributed by atoms with Crippen molar-refractivity contribution in [1.82, 2.24) is 9.38 Å². The van der Waals surface area contributed by atoms with Gasteiger partial charge < -0.3 is 10.4 Å². The molecular weight excluding hydrogens is 330 g/mol. The van der Waals surface area contributed by atoms with E-state index in [1.807, 2.05) is 19.1 Å². The minimum Gasteiger partial charge on any atom is -0.478 e. The Morgan fingerprint density at radius 1 is 1.21 bits per heavy atom. The van der Waals surface area contributed by atoms with Crippen LogP contribution in [0.3, 0.4) is 0 Å². The van der Waals surface area contributed by atoms with Gasteiger partial charge in [0.05, 0.1) is 16.3 Å². The number of aromatic nitrogens is 2. The van der Waals surface area contributed by atoms with E-state index in [0.29, 0.717) is 22.7 Å². The van der Waals surface area contributed by atoms with Gasteiger partial charge in [0.25, 0.3) is 5.91 Å². The van der Waals surface area contributed by atoms with Gasteiger partial charge in [0.2, 0.25) is 0 Å². The van der Waals surface area contributed by atoms with Crippen LogP contribution in [-0.2, 0) is 0 Å². The lowest BCUT2D eigenvalue weighted by molar-refractivity contribution is 0.0696. The monoisotopic (exact) mass is 343 g/mol. The Hall–Kier alpha value is -2.86. The molecule has 2 N–H and O–H groups in total. The second-order valence-corrected chi connectivity index (χ2v) is 5.84. The number of fused-ring (bicyclic) bond motifs is 1. The number of carboxylic acids is 1. The van der Waals surface area contributed by atoms with Crippen molar-refractivity contribution in [2.45, 2.75) is 13.8 Å². The van der Waals surface area contributed by atoms with E-state index in [9.17, 15) is 9.59 Å². The maximum atomic E-state index is 12.6. The van der Waals surface area contributed by atoms with Gasteiger partial charge in [-0.25, -0.2) is 9.78 Å². The first kappa shape index (κ1) is 16.0. The van der Waals surface area contributed by atoms with Gasteiger partial charge >= 0.3 is 5.97 Å². The van der Waals surface area contributed by atoms with Crippen molar-refractivity contribution in [3.63, 3.8) is 0 Å². The molecule has 122 valence electrons. The van der Waals surface area contributed by atoms with Crippen LogP contribution in [0, 0.1) is 13.8 Å². The SMILES string of the molecule is Cc1ccn2c(C(=O)Nc3ccc(Cl)c(C(=O)O)c3)c(C)nc2c1. The number of nitrogens with zero attached hydrogens (tertiary/aromatic N) is 2. The minimum absolute atomic E-state index is 0.0695. The maximum Gasteiger partial charge on any atom is 0.337 e.